The fraction of sp³-hybridized carbons (Fsp3) is 0.667. The van der Waals surface area contributed by atoms with Crippen molar-refractivity contribution >= 4 is 0 Å². The van der Waals surface area contributed by atoms with Crippen LogP contribution in [0.1, 0.15) is 25.4 Å². The van der Waals surface area contributed by atoms with E-state index in [0.29, 0.717) is 12.1 Å². The van der Waals surface area contributed by atoms with Crippen LogP contribution in [0.15, 0.2) is 16.5 Å². The number of hydrogen-bond acceptors (Lipinski definition) is 3. The fourth-order valence-corrected chi connectivity index (χ4v) is 2.09. The third-order valence-corrected chi connectivity index (χ3v) is 3.05. The van der Waals surface area contributed by atoms with Crippen molar-refractivity contribution in [2.45, 2.75) is 39.4 Å². The first-order valence-corrected chi connectivity index (χ1v) is 5.68. The third kappa shape index (κ3) is 2.61. The van der Waals surface area contributed by atoms with Gasteiger partial charge in [0.25, 0.3) is 0 Å². The van der Waals surface area contributed by atoms with Crippen molar-refractivity contribution in [3.63, 3.8) is 0 Å². The Hall–Kier alpha value is -0.800. The Bertz CT molecular complexity index is 321. The van der Waals surface area contributed by atoms with Crippen LogP contribution in [-0.4, -0.2) is 30.1 Å². The Balaban J connectivity index is 1.98. The van der Waals surface area contributed by atoms with Crippen molar-refractivity contribution in [3.05, 3.63) is 23.7 Å². The number of piperazine rings is 1. The van der Waals surface area contributed by atoms with Gasteiger partial charge in [-0.1, -0.05) is 0 Å². The highest BCUT2D eigenvalue weighted by atomic mass is 16.3. The monoisotopic (exact) mass is 208 g/mol. The van der Waals surface area contributed by atoms with Gasteiger partial charge >= 0.3 is 0 Å². The molecule has 3 heteroatoms. The number of hydrogen-bond donors (Lipinski definition) is 1. The van der Waals surface area contributed by atoms with Gasteiger partial charge in [0.05, 0.1) is 6.54 Å². The maximum absolute atomic E-state index is 5.61. The van der Waals surface area contributed by atoms with Gasteiger partial charge < -0.3 is 9.73 Å². The van der Waals surface area contributed by atoms with Crippen molar-refractivity contribution in [1.29, 1.82) is 0 Å². The minimum absolute atomic E-state index is 0.581. The highest BCUT2D eigenvalue weighted by molar-refractivity contribution is 5.05. The Morgan fingerprint density at radius 1 is 1.47 bits per heavy atom. The SMILES string of the molecule is Cc1ccc(CN2CC(C)NCC2C)o1. The second-order valence-electron chi connectivity index (χ2n) is 4.60. The molecule has 84 valence electrons. The van der Waals surface area contributed by atoms with E-state index in [2.05, 4.69) is 30.1 Å². The van der Waals surface area contributed by atoms with E-state index in [1.807, 2.05) is 13.0 Å². The first-order chi connectivity index (χ1) is 7.15. The molecule has 1 aromatic rings. The van der Waals surface area contributed by atoms with Gasteiger partial charge in [-0.2, -0.15) is 0 Å². The molecule has 0 saturated carbocycles. The van der Waals surface area contributed by atoms with E-state index in [4.69, 9.17) is 4.42 Å². The fourth-order valence-electron chi connectivity index (χ4n) is 2.09. The smallest absolute Gasteiger partial charge is 0.118 e. The second-order valence-corrected chi connectivity index (χ2v) is 4.60. The Morgan fingerprint density at radius 2 is 2.27 bits per heavy atom. The molecule has 1 aliphatic rings. The van der Waals surface area contributed by atoms with Crippen molar-refractivity contribution in [2.75, 3.05) is 13.1 Å². The molecule has 0 radical (unpaired) electrons. The summed E-state index contributed by atoms with van der Waals surface area (Å²) in [7, 11) is 0. The normalized spacial score (nSPS) is 28.2. The molecule has 1 fully saturated rings. The van der Waals surface area contributed by atoms with Crippen LogP contribution in [0.25, 0.3) is 0 Å². The number of rotatable bonds is 2. The zero-order valence-corrected chi connectivity index (χ0v) is 9.79. The topological polar surface area (TPSA) is 28.4 Å². The lowest BCUT2D eigenvalue weighted by Crippen LogP contribution is -2.53. The van der Waals surface area contributed by atoms with Gasteiger partial charge in [-0.15, -0.1) is 0 Å². The highest BCUT2D eigenvalue weighted by Crippen LogP contribution is 2.14. The summed E-state index contributed by atoms with van der Waals surface area (Å²) >= 11 is 0. The molecule has 0 spiro atoms. The summed E-state index contributed by atoms with van der Waals surface area (Å²) < 4.78 is 5.61. The molecule has 2 unspecified atom stereocenters. The Morgan fingerprint density at radius 3 is 2.93 bits per heavy atom. The average molecular weight is 208 g/mol. The predicted octanol–water partition coefficient (Wildman–Crippen LogP) is 1.77. The average Bonchev–Trinajstić information content (AvgIpc) is 2.58. The van der Waals surface area contributed by atoms with Crippen LogP contribution in [0, 0.1) is 6.92 Å². The summed E-state index contributed by atoms with van der Waals surface area (Å²) in [5.41, 5.74) is 0. The predicted molar refractivity (Wildman–Crippen MR) is 60.8 cm³/mol. The quantitative estimate of drug-likeness (QED) is 0.803. The molecule has 15 heavy (non-hydrogen) atoms. The lowest BCUT2D eigenvalue weighted by Gasteiger charge is -2.36. The summed E-state index contributed by atoms with van der Waals surface area (Å²) in [5.74, 6) is 2.08. The van der Waals surface area contributed by atoms with E-state index in [9.17, 15) is 0 Å². The maximum Gasteiger partial charge on any atom is 0.118 e. The molecular weight excluding hydrogens is 188 g/mol. The molecule has 0 aliphatic carbocycles. The van der Waals surface area contributed by atoms with Crippen molar-refractivity contribution < 1.29 is 4.42 Å². The van der Waals surface area contributed by atoms with Crippen LogP contribution in [0.4, 0.5) is 0 Å². The molecule has 0 aromatic carbocycles. The lowest BCUT2D eigenvalue weighted by molar-refractivity contribution is 0.129. The second kappa shape index (κ2) is 4.37. The van der Waals surface area contributed by atoms with Crippen molar-refractivity contribution in [2.24, 2.45) is 0 Å². The van der Waals surface area contributed by atoms with Gasteiger partial charge in [-0.25, -0.2) is 0 Å². The van der Waals surface area contributed by atoms with Crippen LogP contribution < -0.4 is 5.32 Å². The third-order valence-electron chi connectivity index (χ3n) is 3.05. The molecule has 1 aliphatic heterocycles. The molecule has 1 aromatic heterocycles. The summed E-state index contributed by atoms with van der Waals surface area (Å²) in [6.45, 7) is 9.58. The minimum Gasteiger partial charge on any atom is -0.465 e. The van der Waals surface area contributed by atoms with Gasteiger partial charge in [-0.3, -0.25) is 4.90 Å². The summed E-state index contributed by atoms with van der Waals surface area (Å²) in [4.78, 5) is 2.47. The molecule has 0 bridgehead atoms. The van der Waals surface area contributed by atoms with Gasteiger partial charge in [0.2, 0.25) is 0 Å². The van der Waals surface area contributed by atoms with Crippen molar-refractivity contribution in [1.82, 2.24) is 10.2 Å². The van der Waals surface area contributed by atoms with Gasteiger partial charge in [-0.05, 0) is 32.9 Å². The Kier molecular flexibility index (Phi) is 3.12. The molecule has 1 N–H and O–H groups in total. The zero-order chi connectivity index (χ0) is 10.8. The largest absolute Gasteiger partial charge is 0.465 e. The van der Waals surface area contributed by atoms with Crippen LogP contribution in [0.2, 0.25) is 0 Å². The number of furan rings is 1. The van der Waals surface area contributed by atoms with E-state index in [1.165, 1.54) is 0 Å². The van der Waals surface area contributed by atoms with E-state index < -0.39 is 0 Å². The van der Waals surface area contributed by atoms with Crippen LogP contribution >= 0.6 is 0 Å². The summed E-state index contributed by atoms with van der Waals surface area (Å²) in [6.07, 6.45) is 0. The molecule has 0 amide bonds. The molecular formula is C12H20N2O. The van der Waals surface area contributed by atoms with Crippen LogP contribution in [0.5, 0.6) is 0 Å². The van der Waals surface area contributed by atoms with Gasteiger partial charge in [0.1, 0.15) is 11.5 Å². The highest BCUT2D eigenvalue weighted by Gasteiger charge is 2.22. The first kappa shape index (κ1) is 10.7. The molecule has 1 saturated heterocycles. The number of nitrogens with zero attached hydrogens (tertiary/aromatic N) is 1. The minimum atomic E-state index is 0.581. The molecule has 2 rings (SSSR count). The number of nitrogens with one attached hydrogen (secondary N) is 1. The summed E-state index contributed by atoms with van der Waals surface area (Å²) in [6, 6.07) is 5.28. The van der Waals surface area contributed by atoms with Crippen LogP contribution in [-0.2, 0) is 6.54 Å². The zero-order valence-electron chi connectivity index (χ0n) is 9.79. The maximum atomic E-state index is 5.61. The van der Waals surface area contributed by atoms with Gasteiger partial charge in [0, 0.05) is 25.2 Å². The van der Waals surface area contributed by atoms with E-state index >= 15 is 0 Å². The van der Waals surface area contributed by atoms with Crippen LogP contribution in [0.3, 0.4) is 0 Å². The molecule has 2 atom stereocenters. The lowest BCUT2D eigenvalue weighted by atomic mass is 10.1. The number of aryl methyl sites for hydroxylation is 1. The summed E-state index contributed by atoms with van der Waals surface area (Å²) in [5, 5.41) is 3.48. The first-order valence-electron chi connectivity index (χ1n) is 5.68. The standard InChI is InChI=1S/C12H20N2O/c1-9-7-14(10(2)6-13-9)8-12-5-4-11(3)15-12/h4-5,9-10,13H,6-8H2,1-3H3. The molecule has 2 heterocycles. The van der Waals surface area contributed by atoms with Gasteiger partial charge in [0.15, 0.2) is 0 Å². The Labute approximate surface area is 91.4 Å². The van der Waals surface area contributed by atoms with E-state index in [0.717, 1.165) is 31.2 Å². The van der Waals surface area contributed by atoms with E-state index in [-0.39, 0.29) is 0 Å². The van der Waals surface area contributed by atoms with E-state index in [1.54, 1.807) is 0 Å². The van der Waals surface area contributed by atoms with Crippen molar-refractivity contribution in [3.8, 4) is 0 Å². The molecule has 3 nitrogen and oxygen atoms in total.